The van der Waals surface area contributed by atoms with Crippen molar-refractivity contribution in [2.75, 3.05) is 13.2 Å². The summed E-state index contributed by atoms with van der Waals surface area (Å²) in [4.78, 5) is 0. The molecule has 0 aliphatic rings. The molecule has 0 aromatic carbocycles. The zero-order chi connectivity index (χ0) is 14.6. The molecule has 0 aliphatic heterocycles. The van der Waals surface area contributed by atoms with Gasteiger partial charge in [0.15, 0.2) is 0 Å². The first-order valence-corrected chi connectivity index (χ1v) is 7.85. The molecule has 3 nitrogen and oxygen atoms in total. The van der Waals surface area contributed by atoms with Crippen molar-refractivity contribution in [1.29, 1.82) is 5.26 Å². The second-order valence-electron chi connectivity index (χ2n) is 5.63. The zero-order valence-electron chi connectivity index (χ0n) is 13.3. The predicted molar refractivity (Wildman–Crippen MR) is 81.1 cm³/mol. The SMILES string of the molecule is CCCCCCCCOC(C)CC(C)(C#N)NCC. The molecule has 0 rings (SSSR count). The maximum atomic E-state index is 9.19. The molecule has 0 fully saturated rings. The molecule has 0 aliphatic carbocycles. The van der Waals surface area contributed by atoms with E-state index in [1.165, 1.54) is 32.1 Å². The minimum atomic E-state index is -0.463. The maximum Gasteiger partial charge on any atom is 0.106 e. The van der Waals surface area contributed by atoms with Crippen molar-refractivity contribution in [1.82, 2.24) is 5.32 Å². The third kappa shape index (κ3) is 9.92. The molecule has 0 spiro atoms. The van der Waals surface area contributed by atoms with Gasteiger partial charge in [-0.2, -0.15) is 5.26 Å². The lowest BCUT2D eigenvalue weighted by molar-refractivity contribution is 0.0453. The Balaban J connectivity index is 3.64. The molecular weight excluding hydrogens is 236 g/mol. The van der Waals surface area contributed by atoms with E-state index < -0.39 is 5.54 Å². The number of hydrogen-bond donors (Lipinski definition) is 1. The first-order chi connectivity index (χ1) is 9.08. The molecule has 0 amide bonds. The van der Waals surface area contributed by atoms with Gasteiger partial charge in [0, 0.05) is 13.0 Å². The third-order valence-corrected chi connectivity index (χ3v) is 3.41. The van der Waals surface area contributed by atoms with E-state index in [2.05, 4.69) is 25.2 Å². The van der Waals surface area contributed by atoms with Crippen molar-refractivity contribution in [3.63, 3.8) is 0 Å². The van der Waals surface area contributed by atoms with Gasteiger partial charge in [-0.05, 0) is 26.8 Å². The fourth-order valence-corrected chi connectivity index (χ4v) is 2.35. The molecule has 0 heterocycles. The molecule has 0 aromatic rings. The molecule has 0 saturated heterocycles. The second kappa shape index (κ2) is 11.3. The van der Waals surface area contributed by atoms with Crippen molar-refractivity contribution in [3.05, 3.63) is 0 Å². The number of ether oxygens (including phenoxy) is 1. The zero-order valence-corrected chi connectivity index (χ0v) is 13.3. The third-order valence-electron chi connectivity index (χ3n) is 3.41. The van der Waals surface area contributed by atoms with Gasteiger partial charge in [-0.1, -0.05) is 46.0 Å². The van der Waals surface area contributed by atoms with Crippen LogP contribution in [0.15, 0.2) is 0 Å². The van der Waals surface area contributed by atoms with E-state index in [4.69, 9.17) is 4.74 Å². The van der Waals surface area contributed by atoms with Gasteiger partial charge < -0.3 is 4.74 Å². The van der Waals surface area contributed by atoms with Gasteiger partial charge in [-0.3, -0.25) is 5.32 Å². The summed E-state index contributed by atoms with van der Waals surface area (Å²) in [6.45, 7) is 9.90. The summed E-state index contributed by atoms with van der Waals surface area (Å²) in [5.41, 5.74) is -0.463. The van der Waals surface area contributed by atoms with E-state index >= 15 is 0 Å². The lowest BCUT2D eigenvalue weighted by Gasteiger charge is -2.26. The van der Waals surface area contributed by atoms with Crippen LogP contribution in [0.3, 0.4) is 0 Å². The Bertz CT molecular complexity index is 250. The second-order valence-corrected chi connectivity index (χ2v) is 5.63. The maximum absolute atomic E-state index is 9.19. The van der Waals surface area contributed by atoms with Crippen LogP contribution in [0.25, 0.3) is 0 Å². The topological polar surface area (TPSA) is 45.0 Å². The van der Waals surface area contributed by atoms with Crippen LogP contribution in [0.4, 0.5) is 0 Å². The fraction of sp³-hybridized carbons (Fsp3) is 0.938. The highest BCUT2D eigenvalue weighted by Crippen LogP contribution is 2.14. The van der Waals surface area contributed by atoms with E-state index in [1.54, 1.807) is 0 Å². The Labute approximate surface area is 119 Å². The van der Waals surface area contributed by atoms with Crippen LogP contribution in [0.2, 0.25) is 0 Å². The highest BCUT2D eigenvalue weighted by molar-refractivity contribution is 5.04. The molecule has 2 atom stereocenters. The highest BCUT2D eigenvalue weighted by atomic mass is 16.5. The highest BCUT2D eigenvalue weighted by Gasteiger charge is 2.25. The first kappa shape index (κ1) is 18.4. The monoisotopic (exact) mass is 268 g/mol. The van der Waals surface area contributed by atoms with Crippen LogP contribution >= 0.6 is 0 Å². The minimum Gasteiger partial charge on any atom is -0.378 e. The van der Waals surface area contributed by atoms with E-state index in [0.717, 1.165) is 26.0 Å². The molecular formula is C16H32N2O. The van der Waals surface area contributed by atoms with E-state index in [0.29, 0.717) is 0 Å². The van der Waals surface area contributed by atoms with Crippen molar-refractivity contribution in [3.8, 4) is 6.07 Å². The van der Waals surface area contributed by atoms with Crippen LogP contribution in [0, 0.1) is 11.3 Å². The van der Waals surface area contributed by atoms with Gasteiger partial charge >= 0.3 is 0 Å². The molecule has 112 valence electrons. The Kier molecular flexibility index (Phi) is 10.9. The van der Waals surface area contributed by atoms with E-state index in [9.17, 15) is 5.26 Å². The van der Waals surface area contributed by atoms with Crippen LogP contribution in [-0.2, 0) is 4.74 Å². The van der Waals surface area contributed by atoms with Crippen molar-refractivity contribution in [2.24, 2.45) is 0 Å². The molecule has 1 N–H and O–H groups in total. The van der Waals surface area contributed by atoms with Gasteiger partial charge in [0.1, 0.15) is 5.54 Å². The van der Waals surface area contributed by atoms with E-state index in [-0.39, 0.29) is 6.10 Å². The van der Waals surface area contributed by atoms with Crippen LogP contribution < -0.4 is 5.32 Å². The van der Waals surface area contributed by atoms with Gasteiger partial charge in [0.2, 0.25) is 0 Å². The Hall–Kier alpha value is -0.590. The Morgan fingerprint density at radius 3 is 2.37 bits per heavy atom. The summed E-state index contributed by atoms with van der Waals surface area (Å²) in [7, 11) is 0. The summed E-state index contributed by atoms with van der Waals surface area (Å²) < 4.78 is 5.80. The smallest absolute Gasteiger partial charge is 0.106 e. The molecule has 0 saturated carbocycles. The summed E-state index contributed by atoms with van der Waals surface area (Å²) >= 11 is 0. The molecule has 0 bridgehead atoms. The molecule has 3 heteroatoms. The largest absolute Gasteiger partial charge is 0.378 e. The average molecular weight is 268 g/mol. The van der Waals surface area contributed by atoms with Crippen molar-refractivity contribution in [2.45, 2.75) is 84.3 Å². The first-order valence-electron chi connectivity index (χ1n) is 7.85. The summed E-state index contributed by atoms with van der Waals surface area (Å²) in [5, 5.41) is 12.4. The van der Waals surface area contributed by atoms with Gasteiger partial charge in [-0.25, -0.2) is 0 Å². The summed E-state index contributed by atoms with van der Waals surface area (Å²) in [5.74, 6) is 0. The molecule has 0 aromatic heterocycles. The number of nitrogens with one attached hydrogen (secondary N) is 1. The molecule has 0 radical (unpaired) electrons. The summed E-state index contributed by atoms with van der Waals surface area (Å²) in [6, 6.07) is 2.34. The average Bonchev–Trinajstić information content (AvgIpc) is 2.38. The van der Waals surface area contributed by atoms with Crippen LogP contribution in [-0.4, -0.2) is 24.8 Å². The lowest BCUT2D eigenvalue weighted by atomic mass is 9.96. The number of nitriles is 1. The van der Waals surface area contributed by atoms with Crippen molar-refractivity contribution < 1.29 is 4.74 Å². The molecule has 2 unspecified atom stereocenters. The van der Waals surface area contributed by atoms with Crippen molar-refractivity contribution >= 4 is 0 Å². The van der Waals surface area contributed by atoms with Crippen LogP contribution in [0.5, 0.6) is 0 Å². The summed E-state index contributed by atoms with van der Waals surface area (Å²) in [6.07, 6.45) is 8.59. The van der Waals surface area contributed by atoms with Gasteiger partial charge in [0.25, 0.3) is 0 Å². The van der Waals surface area contributed by atoms with E-state index in [1.807, 2.05) is 13.8 Å². The normalized spacial score (nSPS) is 15.7. The Morgan fingerprint density at radius 1 is 1.16 bits per heavy atom. The fourth-order valence-electron chi connectivity index (χ4n) is 2.35. The number of unbranched alkanes of at least 4 members (excludes halogenated alkanes) is 5. The molecule has 19 heavy (non-hydrogen) atoms. The number of rotatable bonds is 12. The number of nitrogens with zero attached hydrogens (tertiary/aromatic N) is 1. The van der Waals surface area contributed by atoms with Gasteiger partial charge in [0.05, 0.1) is 12.2 Å². The number of hydrogen-bond acceptors (Lipinski definition) is 3. The lowest BCUT2D eigenvalue weighted by Crippen LogP contribution is -2.43. The quantitative estimate of drug-likeness (QED) is 0.543. The van der Waals surface area contributed by atoms with Gasteiger partial charge in [-0.15, -0.1) is 0 Å². The Morgan fingerprint density at radius 2 is 1.79 bits per heavy atom. The minimum absolute atomic E-state index is 0.138. The predicted octanol–water partition coefficient (Wildman–Crippen LogP) is 4.03. The standard InChI is InChI=1S/C16H32N2O/c1-5-7-8-9-10-11-12-19-15(3)13-16(4,14-17)18-6-2/h15,18H,5-13H2,1-4H3. The van der Waals surface area contributed by atoms with Crippen LogP contribution in [0.1, 0.15) is 72.6 Å².